The van der Waals surface area contributed by atoms with Crippen LogP contribution in [0.15, 0.2) is 54.7 Å². The zero-order valence-electron chi connectivity index (χ0n) is 15.3. The number of amides is 1. The lowest BCUT2D eigenvalue weighted by atomic mass is 10.1. The second-order valence-corrected chi connectivity index (χ2v) is 6.11. The van der Waals surface area contributed by atoms with Crippen molar-refractivity contribution in [3.8, 4) is 0 Å². The second-order valence-electron chi connectivity index (χ2n) is 6.11. The topological polar surface area (TPSA) is 81.9 Å². The molecule has 1 aromatic heterocycles. The molecule has 0 saturated heterocycles. The maximum Gasteiger partial charge on any atom is 0.261 e. The minimum absolute atomic E-state index is 0.304. The van der Waals surface area contributed by atoms with Crippen LogP contribution in [0.1, 0.15) is 15.9 Å². The molecular formula is C20H19F2N5O. The number of benzene rings is 2. The number of pyridine rings is 1. The summed E-state index contributed by atoms with van der Waals surface area (Å²) in [6.07, 6.45) is 1.73. The molecule has 4 N–H and O–H groups in total. The highest BCUT2D eigenvalue weighted by molar-refractivity contribution is 6.04. The van der Waals surface area contributed by atoms with Gasteiger partial charge in [-0.2, -0.15) is 0 Å². The summed E-state index contributed by atoms with van der Waals surface area (Å²) in [4.78, 5) is 12.3. The van der Waals surface area contributed by atoms with Crippen molar-refractivity contribution in [1.29, 1.82) is 5.41 Å². The number of carbonyl (C=O) groups excluding carboxylic acids is 1. The van der Waals surface area contributed by atoms with Crippen LogP contribution in [0, 0.1) is 24.0 Å². The Morgan fingerprint density at radius 3 is 2.36 bits per heavy atom. The summed E-state index contributed by atoms with van der Waals surface area (Å²) < 4.78 is 29.1. The number of aromatic nitrogens is 1. The summed E-state index contributed by atoms with van der Waals surface area (Å²) in [5.41, 5.74) is 5.22. The highest BCUT2D eigenvalue weighted by atomic mass is 19.1. The lowest BCUT2D eigenvalue weighted by Gasteiger charge is -2.14. The fraction of sp³-hybridized carbons (Fsp3) is 0.100. The van der Waals surface area contributed by atoms with E-state index in [0.29, 0.717) is 16.9 Å². The second kappa shape index (κ2) is 7.91. The number of rotatable bonds is 5. The van der Waals surface area contributed by atoms with Crippen LogP contribution in [0.25, 0.3) is 0 Å². The van der Waals surface area contributed by atoms with Crippen LogP contribution in [0.2, 0.25) is 0 Å². The molecule has 144 valence electrons. The van der Waals surface area contributed by atoms with Gasteiger partial charge in [-0.3, -0.25) is 10.2 Å². The highest BCUT2D eigenvalue weighted by Crippen LogP contribution is 2.23. The zero-order valence-corrected chi connectivity index (χ0v) is 15.3. The van der Waals surface area contributed by atoms with E-state index in [4.69, 9.17) is 5.41 Å². The lowest BCUT2D eigenvalue weighted by Crippen LogP contribution is -2.26. The van der Waals surface area contributed by atoms with E-state index in [9.17, 15) is 13.6 Å². The van der Waals surface area contributed by atoms with E-state index in [2.05, 4.69) is 16.1 Å². The monoisotopic (exact) mass is 383 g/mol. The largest absolute Gasteiger partial charge is 0.354 e. The van der Waals surface area contributed by atoms with E-state index in [-0.39, 0.29) is 0 Å². The van der Waals surface area contributed by atoms with E-state index in [0.717, 1.165) is 23.4 Å². The van der Waals surface area contributed by atoms with E-state index < -0.39 is 23.1 Å². The Morgan fingerprint density at radius 1 is 1.04 bits per heavy atom. The first kappa shape index (κ1) is 19.1. The van der Waals surface area contributed by atoms with Crippen LogP contribution in [0.4, 0.5) is 25.8 Å². The highest BCUT2D eigenvalue weighted by Gasteiger charge is 2.17. The minimum Gasteiger partial charge on any atom is -0.354 e. The molecule has 28 heavy (non-hydrogen) atoms. The SMILES string of the molecule is CNn1cc(Nc2cccc(NC(=O)c3c(F)cccc3F)c2)c(C)cc1=N. The average Bonchev–Trinajstić information content (AvgIpc) is 2.64. The molecular weight excluding hydrogens is 364 g/mol. The third kappa shape index (κ3) is 4.01. The number of carbonyl (C=O) groups is 1. The first-order valence-corrected chi connectivity index (χ1v) is 8.47. The maximum absolute atomic E-state index is 13.8. The fourth-order valence-corrected chi connectivity index (χ4v) is 2.71. The molecule has 1 amide bonds. The number of aryl methyl sites for hydroxylation is 1. The van der Waals surface area contributed by atoms with Crippen molar-refractivity contribution >= 4 is 23.0 Å². The molecule has 0 aliphatic rings. The maximum atomic E-state index is 13.8. The lowest BCUT2D eigenvalue weighted by molar-refractivity contribution is 0.101. The molecule has 0 spiro atoms. The number of nitrogens with zero attached hydrogens (tertiary/aromatic N) is 1. The van der Waals surface area contributed by atoms with Crippen LogP contribution in [0.3, 0.4) is 0 Å². The molecule has 1 heterocycles. The van der Waals surface area contributed by atoms with Gasteiger partial charge in [0.2, 0.25) is 0 Å². The Morgan fingerprint density at radius 2 is 1.68 bits per heavy atom. The standard InChI is InChI=1S/C20H19F2N5O/c1-12-9-18(23)27(24-2)11-17(12)25-13-5-3-6-14(10-13)26-20(28)19-15(21)7-4-8-16(19)22/h3-11,23-25H,1-2H3,(H,26,28). The van der Waals surface area contributed by atoms with Gasteiger partial charge < -0.3 is 16.1 Å². The Balaban J connectivity index is 1.83. The van der Waals surface area contributed by atoms with E-state index in [1.807, 2.05) is 6.92 Å². The Hall–Kier alpha value is -3.68. The fourth-order valence-electron chi connectivity index (χ4n) is 2.71. The molecule has 3 aromatic rings. The zero-order chi connectivity index (χ0) is 20.3. The van der Waals surface area contributed by atoms with E-state index in [1.54, 1.807) is 48.3 Å². The van der Waals surface area contributed by atoms with Gasteiger partial charge in [0, 0.05) is 18.4 Å². The van der Waals surface area contributed by atoms with Gasteiger partial charge in [-0.15, -0.1) is 0 Å². The molecule has 0 radical (unpaired) electrons. The first-order chi connectivity index (χ1) is 13.4. The van der Waals surface area contributed by atoms with Crippen LogP contribution >= 0.6 is 0 Å². The molecule has 2 aromatic carbocycles. The predicted octanol–water partition coefficient (Wildman–Crippen LogP) is 3.72. The quantitative estimate of drug-likeness (QED) is 0.542. The molecule has 0 atom stereocenters. The first-order valence-electron chi connectivity index (χ1n) is 8.47. The summed E-state index contributed by atoms with van der Waals surface area (Å²) >= 11 is 0. The predicted molar refractivity (Wildman–Crippen MR) is 104 cm³/mol. The Bertz CT molecular complexity index is 1070. The number of nitrogens with one attached hydrogen (secondary N) is 4. The van der Waals surface area contributed by atoms with Crippen molar-refractivity contribution in [2.45, 2.75) is 6.92 Å². The summed E-state index contributed by atoms with van der Waals surface area (Å²) in [6.45, 7) is 1.87. The van der Waals surface area contributed by atoms with Gasteiger partial charge in [-0.25, -0.2) is 13.5 Å². The van der Waals surface area contributed by atoms with Crippen LogP contribution < -0.4 is 21.5 Å². The molecule has 0 fully saturated rings. The normalized spacial score (nSPS) is 10.4. The smallest absolute Gasteiger partial charge is 0.261 e. The number of halogens is 2. The minimum atomic E-state index is -0.922. The average molecular weight is 383 g/mol. The Kier molecular flexibility index (Phi) is 5.39. The van der Waals surface area contributed by atoms with Gasteiger partial charge in [-0.05, 0) is 48.9 Å². The van der Waals surface area contributed by atoms with Crippen LogP contribution in [-0.2, 0) is 0 Å². The van der Waals surface area contributed by atoms with Gasteiger partial charge >= 0.3 is 0 Å². The molecule has 0 unspecified atom stereocenters. The van der Waals surface area contributed by atoms with Crippen LogP contribution in [0.5, 0.6) is 0 Å². The van der Waals surface area contributed by atoms with Gasteiger partial charge in [0.25, 0.3) is 5.91 Å². The van der Waals surface area contributed by atoms with Gasteiger partial charge in [0.05, 0.1) is 11.9 Å². The van der Waals surface area contributed by atoms with Crippen molar-refractivity contribution in [1.82, 2.24) is 4.68 Å². The van der Waals surface area contributed by atoms with Gasteiger partial charge in [0.1, 0.15) is 22.7 Å². The number of anilines is 3. The van der Waals surface area contributed by atoms with Crippen LogP contribution in [-0.4, -0.2) is 17.6 Å². The Labute approximate surface area is 160 Å². The van der Waals surface area contributed by atoms with Crippen molar-refractivity contribution in [2.75, 3.05) is 23.1 Å². The van der Waals surface area contributed by atoms with E-state index >= 15 is 0 Å². The third-order valence-electron chi connectivity index (χ3n) is 4.13. The summed E-state index contributed by atoms with van der Waals surface area (Å²) in [5.74, 6) is -2.71. The van der Waals surface area contributed by atoms with Gasteiger partial charge in [-0.1, -0.05) is 12.1 Å². The van der Waals surface area contributed by atoms with Crippen molar-refractivity contribution in [3.63, 3.8) is 0 Å². The third-order valence-corrected chi connectivity index (χ3v) is 4.13. The molecule has 0 saturated carbocycles. The summed E-state index contributed by atoms with van der Waals surface area (Å²) in [7, 11) is 1.70. The van der Waals surface area contributed by atoms with E-state index in [1.165, 1.54) is 6.07 Å². The number of hydrogen-bond donors (Lipinski definition) is 4. The molecule has 8 heteroatoms. The molecule has 6 nitrogen and oxygen atoms in total. The molecule has 3 rings (SSSR count). The molecule has 0 aliphatic heterocycles. The summed E-state index contributed by atoms with van der Waals surface area (Å²) in [5, 5.41) is 13.6. The molecule has 0 bridgehead atoms. The summed E-state index contributed by atoms with van der Waals surface area (Å²) in [6, 6.07) is 11.7. The van der Waals surface area contributed by atoms with Gasteiger partial charge in [0.15, 0.2) is 0 Å². The van der Waals surface area contributed by atoms with Crippen molar-refractivity contribution in [3.05, 3.63) is 83.0 Å². The van der Waals surface area contributed by atoms with Crippen molar-refractivity contribution in [2.24, 2.45) is 0 Å². The van der Waals surface area contributed by atoms with Crippen molar-refractivity contribution < 1.29 is 13.6 Å². The molecule has 0 aliphatic carbocycles. The number of hydrogen-bond acceptors (Lipinski definition) is 4.